The number of hydrogen-bond acceptors (Lipinski definition) is 10. The molecule has 0 radical (unpaired) electrons. The van der Waals surface area contributed by atoms with Crippen molar-refractivity contribution in [1.29, 1.82) is 0 Å². The average molecular weight is 838 g/mol. The maximum atomic E-state index is 13.6. The van der Waals surface area contributed by atoms with Gasteiger partial charge in [0.2, 0.25) is 5.82 Å². The highest BCUT2D eigenvalue weighted by molar-refractivity contribution is 7.82. The Bertz CT molecular complexity index is 2420. The van der Waals surface area contributed by atoms with E-state index in [2.05, 4.69) is 69.9 Å². The molecule has 1 amide bonds. The van der Waals surface area contributed by atoms with E-state index in [9.17, 15) is 13.2 Å². The number of amides is 1. The van der Waals surface area contributed by atoms with Gasteiger partial charge in [0, 0.05) is 16.7 Å². The third-order valence-corrected chi connectivity index (χ3v) is 10.6. The monoisotopic (exact) mass is 837 g/mol. The van der Waals surface area contributed by atoms with E-state index in [1.54, 1.807) is 54.6 Å². The Morgan fingerprint density at radius 3 is 2.15 bits per heavy atom. The van der Waals surface area contributed by atoms with Gasteiger partial charge in [0.1, 0.15) is 11.5 Å². The first-order valence-corrected chi connectivity index (χ1v) is 21.4. The van der Waals surface area contributed by atoms with Crippen LogP contribution in [0.2, 0.25) is 0 Å². The van der Waals surface area contributed by atoms with Crippen LogP contribution in [0.25, 0.3) is 11.4 Å². The lowest BCUT2D eigenvalue weighted by Gasteiger charge is -2.33. The number of carbonyl (C=O) groups is 1. The summed E-state index contributed by atoms with van der Waals surface area (Å²) in [5, 5.41) is 9.44. The summed E-state index contributed by atoms with van der Waals surface area (Å²) in [6.07, 6.45) is -0.268. The van der Waals surface area contributed by atoms with Crippen LogP contribution in [-0.2, 0) is 32.7 Å². The van der Waals surface area contributed by atoms with E-state index < -0.39 is 34.5 Å². The highest BCUT2D eigenvalue weighted by Crippen LogP contribution is 2.40. The van der Waals surface area contributed by atoms with Gasteiger partial charge in [-0.1, -0.05) is 97.4 Å². The van der Waals surface area contributed by atoms with Crippen LogP contribution in [0.4, 0.5) is 11.4 Å². The molecule has 0 spiro atoms. The molecule has 0 bridgehead atoms. The molecule has 15 heteroatoms. The van der Waals surface area contributed by atoms with Crippen molar-refractivity contribution < 1.29 is 26.3 Å². The van der Waals surface area contributed by atoms with Crippen LogP contribution in [0, 0.1) is 17.8 Å². The lowest BCUT2D eigenvalue weighted by molar-refractivity contribution is -0.125. The molecule has 0 fully saturated rings. The zero-order valence-corrected chi connectivity index (χ0v) is 36.7. The quantitative estimate of drug-likeness (QED) is 0.112. The van der Waals surface area contributed by atoms with Gasteiger partial charge >= 0.3 is 22.5 Å². The minimum Gasteiger partial charge on any atom is -0.477 e. The second-order valence-electron chi connectivity index (χ2n) is 17.3. The van der Waals surface area contributed by atoms with Crippen LogP contribution in [0.15, 0.2) is 107 Å². The number of anilines is 1. The first kappa shape index (κ1) is 42.9. The van der Waals surface area contributed by atoms with E-state index in [1.807, 2.05) is 49.4 Å². The van der Waals surface area contributed by atoms with Gasteiger partial charge < -0.3 is 13.1 Å². The summed E-state index contributed by atoms with van der Waals surface area (Å²) in [5.74, 6) is 0.983. The maximum absolute atomic E-state index is 13.6. The van der Waals surface area contributed by atoms with Gasteiger partial charge in [0.15, 0.2) is 23.4 Å². The highest BCUT2D eigenvalue weighted by Gasteiger charge is 2.35. The second kappa shape index (κ2) is 17.3. The number of nitrogens with zero attached hydrogens (tertiary/aromatic N) is 5. The van der Waals surface area contributed by atoms with E-state index in [-0.39, 0.29) is 27.7 Å². The fraction of sp³-hybridized carbons (Fsp3) is 0.341. The number of ether oxygens (including phenoxy) is 1. The number of rotatable bonds is 14. The third kappa shape index (κ3) is 11.1. The SMILES string of the molecule is Cc1ccc(N=C2C(C(C)(C)C)=Nn3nc(-c4ccc(NS(=O)Oc5cc(C(C)(C)CC(C)(C)C)ccc5OC(C)C(=O)NS(=O)Oc5ccccc5)cc4)nc32)cc1. The zero-order chi connectivity index (χ0) is 42.7. The minimum absolute atomic E-state index is 0.0202. The van der Waals surface area contributed by atoms with Gasteiger partial charge in [-0.15, -0.1) is 9.89 Å². The van der Waals surface area contributed by atoms with Gasteiger partial charge in [0.05, 0.1) is 11.4 Å². The topological polar surface area (TPSA) is 158 Å². The number of aromatic nitrogens is 3. The highest BCUT2D eigenvalue weighted by atomic mass is 32.2. The summed E-state index contributed by atoms with van der Waals surface area (Å²) >= 11 is -4.25. The number of fused-ring (bicyclic) bond motifs is 1. The summed E-state index contributed by atoms with van der Waals surface area (Å²) in [5.41, 5.74) is 5.00. The van der Waals surface area contributed by atoms with E-state index in [0.29, 0.717) is 28.8 Å². The fourth-order valence-corrected chi connectivity index (χ4v) is 7.97. The number of benzene rings is 4. The van der Waals surface area contributed by atoms with E-state index in [0.717, 1.165) is 34.5 Å². The number of aliphatic imine (C=N–C) groups is 1. The Kier molecular flexibility index (Phi) is 12.6. The summed E-state index contributed by atoms with van der Waals surface area (Å²) in [6.45, 7) is 20.5. The van der Waals surface area contributed by atoms with Crippen molar-refractivity contribution in [3.8, 4) is 28.6 Å². The molecule has 3 atom stereocenters. The first-order valence-electron chi connectivity index (χ1n) is 19.2. The van der Waals surface area contributed by atoms with Gasteiger partial charge in [-0.2, -0.15) is 13.5 Å². The molecule has 0 aliphatic carbocycles. The van der Waals surface area contributed by atoms with Crippen LogP contribution in [0.5, 0.6) is 17.2 Å². The average Bonchev–Trinajstić information content (AvgIpc) is 3.72. The van der Waals surface area contributed by atoms with Gasteiger partial charge in [-0.3, -0.25) is 9.52 Å². The predicted octanol–water partition coefficient (Wildman–Crippen LogP) is 8.96. The molecule has 0 saturated heterocycles. The molecular formula is C44H51N7O6S2. The lowest BCUT2D eigenvalue weighted by Crippen LogP contribution is -2.38. The van der Waals surface area contributed by atoms with Gasteiger partial charge in [0.25, 0.3) is 5.91 Å². The van der Waals surface area contributed by atoms with Crippen LogP contribution in [0.3, 0.4) is 0 Å². The smallest absolute Gasteiger partial charge is 0.318 e. The van der Waals surface area contributed by atoms with Gasteiger partial charge in [-0.25, -0.2) is 14.7 Å². The molecule has 3 unspecified atom stereocenters. The molecular weight excluding hydrogens is 787 g/mol. The molecule has 59 heavy (non-hydrogen) atoms. The third-order valence-electron chi connectivity index (χ3n) is 9.19. The van der Waals surface area contributed by atoms with E-state index >= 15 is 0 Å². The van der Waals surface area contributed by atoms with Crippen LogP contribution < -0.4 is 22.5 Å². The zero-order valence-electron chi connectivity index (χ0n) is 35.0. The standard InChI is InChI=1S/C44H51N7O6S2/c1-28-16-21-32(22-17-28)45-37-38(43(6,7)8)47-51-40(37)46-39(48-51)30-18-23-33(24-19-30)49-58(53)57-36-26-31(44(9,10)27-42(3,4)5)20-25-35(36)55-29(2)41(52)50-59(54)56-34-14-12-11-13-15-34/h11-26,29,49H,27H2,1-10H3,(H,50,52). The van der Waals surface area contributed by atoms with Crippen LogP contribution in [0.1, 0.15) is 85.7 Å². The number of aryl methyl sites for hydroxylation is 1. The van der Waals surface area contributed by atoms with E-state index in [4.69, 9.17) is 28.2 Å². The van der Waals surface area contributed by atoms with Crippen LogP contribution >= 0.6 is 0 Å². The molecule has 4 aromatic carbocycles. The number of hydrogen-bond donors (Lipinski definition) is 2. The summed E-state index contributed by atoms with van der Waals surface area (Å²) in [6, 6.07) is 28.9. The summed E-state index contributed by atoms with van der Waals surface area (Å²) in [4.78, 5) is 24.3. The van der Waals surface area contributed by atoms with Crippen molar-refractivity contribution in [3.05, 3.63) is 114 Å². The molecule has 310 valence electrons. The lowest BCUT2D eigenvalue weighted by atomic mass is 9.72. The Hall–Kier alpha value is -5.67. The molecule has 1 aliphatic heterocycles. The van der Waals surface area contributed by atoms with Crippen molar-refractivity contribution in [2.75, 3.05) is 4.72 Å². The van der Waals surface area contributed by atoms with Crippen molar-refractivity contribution in [2.45, 2.75) is 87.2 Å². The normalized spacial score (nSPS) is 15.2. The molecule has 0 saturated carbocycles. The number of carbonyl (C=O) groups excluding carboxylic acids is 1. The Morgan fingerprint density at radius 1 is 0.831 bits per heavy atom. The van der Waals surface area contributed by atoms with Crippen molar-refractivity contribution >= 4 is 51.2 Å². The summed E-state index contributed by atoms with van der Waals surface area (Å²) < 4.78 is 48.5. The van der Waals surface area contributed by atoms with E-state index in [1.165, 1.54) is 11.7 Å². The molecule has 1 aliphatic rings. The Balaban J connectivity index is 1.18. The molecule has 5 aromatic rings. The Labute approximate surface area is 351 Å². The van der Waals surface area contributed by atoms with Crippen molar-refractivity contribution in [3.63, 3.8) is 0 Å². The largest absolute Gasteiger partial charge is 0.477 e. The summed E-state index contributed by atoms with van der Waals surface area (Å²) in [7, 11) is 0. The molecule has 13 nitrogen and oxygen atoms in total. The number of nitrogens with one attached hydrogen (secondary N) is 2. The first-order chi connectivity index (χ1) is 27.7. The maximum Gasteiger partial charge on any atom is 0.318 e. The van der Waals surface area contributed by atoms with Crippen molar-refractivity contribution in [1.82, 2.24) is 19.6 Å². The number of para-hydroxylation sites is 1. The fourth-order valence-electron chi connectivity index (χ4n) is 6.65. The van der Waals surface area contributed by atoms with Crippen LogP contribution in [-0.4, -0.2) is 46.7 Å². The minimum atomic E-state index is -2.16. The molecule has 1 aromatic heterocycles. The second-order valence-corrected chi connectivity index (χ2v) is 19.0. The van der Waals surface area contributed by atoms with Crippen molar-refractivity contribution in [2.24, 2.45) is 20.9 Å². The molecule has 2 heterocycles. The Morgan fingerprint density at radius 2 is 1.51 bits per heavy atom. The van der Waals surface area contributed by atoms with Gasteiger partial charge in [-0.05, 0) is 97.3 Å². The molecule has 2 N–H and O–H groups in total. The molecule has 6 rings (SSSR count). The predicted molar refractivity (Wildman–Crippen MR) is 235 cm³/mol.